The standard InChI is InChI=1S/C18H14BrF3N4O/c1-10-5-7-11(8-6-10)24-16-13(18(20,21)22)17(27-2)26-15(25-16)12-4-3-9-23-14(12)19/h3-9H,1-2H3,(H,24,25,26). The lowest BCUT2D eigenvalue weighted by molar-refractivity contribution is -0.138. The smallest absolute Gasteiger partial charge is 0.425 e. The summed E-state index contributed by atoms with van der Waals surface area (Å²) in [7, 11) is 1.13. The minimum Gasteiger partial charge on any atom is -0.480 e. The van der Waals surface area contributed by atoms with Gasteiger partial charge in [-0.3, -0.25) is 0 Å². The summed E-state index contributed by atoms with van der Waals surface area (Å²) in [5.74, 6) is -0.920. The lowest BCUT2D eigenvalue weighted by Gasteiger charge is -2.17. The Morgan fingerprint density at radius 3 is 2.37 bits per heavy atom. The van der Waals surface area contributed by atoms with Gasteiger partial charge in [0, 0.05) is 11.9 Å². The van der Waals surface area contributed by atoms with E-state index in [0.717, 1.165) is 12.7 Å². The maximum Gasteiger partial charge on any atom is 0.425 e. The minimum absolute atomic E-state index is 0.0504. The fourth-order valence-electron chi connectivity index (χ4n) is 2.38. The summed E-state index contributed by atoms with van der Waals surface area (Å²) >= 11 is 3.26. The highest BCUT2D eigenvalue weighted by Crippen LogP contribution is 2.41. The lowest BCUT2D eigenvalue weighted by atomic mass is 10.2. The Hall–Kier alpha value is -2.68. The maximum absolute atomic E-state index is 13.7. The van der Waals surface area contributed by atoms with Crippen LogP contribution in [-0.4, -0.2) is 22.1 Å². The molecule has 0 radical (unpaired) electrons. The third kappa shape index (κ3) is 4.19. The number of nitrogens with one attached hydrogen (secondary N) is 1. The van der Waals surface area contributed by atoms with Crippen LogP contribution in [0.3, 0.4) is 0 Å². The molecule has 5 nitrogen and oxygen atoms in total. The molecule has 1 aromatic carbocycles. The molecule has 0 saturated heterocycles. The molecule has 0 aliphatic rings. The van der Waals surface area contributed by atoms with E-state index in [0.29, 0.717) is 15.9 Å². The van der Waals surface area contributed by atoms with Crippen molar-refractivity contribution >= 4 is 27.4 Å². The zero-order valence-corrected chi connectivity index (χ0v) is 15.9. The molecule has 0 fully saturated rings. The molecule has 0 unspecified atom stereocenters. The van der Waals surface area contributed by atoms with E-state index in [1.54, 1.807) is 42.6 Å². The minimum atomic E-state index is -4.71. The Kier molecular flexibility index (Phi) is 5.31. The third-order valence-electron chi connectivity index (χ3n) is 3.67. The monoisotopic (exact) mass is 438 g/mol. The molecule has 140 valence electrons. The number of aromatic nitrogens is 3. The highest BCUT2D eigenvalue weighted by Gasteiger charge is 2.40. The predicted molar refractivity (Wildman–Crippen MR) is 99.0 cm³/mol. The molecular formula is C18H14BrF3N4O. The van der Waals surface area contributed by atoms with Crippen molar-refractivity contribution in [2.75, 3.05) is 12.4 Å². The number of hydrogen-bond acceptors (Lipinski definition) is 5. The summed E-state index contributed by atoms with van der Waals surface area (Å²) in [6.07, 6.45) is -3.16. The Bertz CT molecular complexity index is 962. The topological polar surface area (TPSA) is 59.9 Å². The first-order valence-corrected chi connectivity index (χ1v) is 8.56. The first-order chi connectivity index (χ1) is 12.8. The molecule has 3 aromatic rings. The maximum atomic E-state index is 13.7. The molecule has 0 bridgehead atoms. The molecule has 9 heteroatoms. The zero-order valence-electron chi connectivity index (χ0n) is 14.3. The van der Waals surface area contributed by atoms with Gasteiger partial charge in [0.15, 0.2) is 17.2 Å². The number of aryl methyl sites for hydroxylation is 1. The van der Waals surface area contributed by atoms with Gasteiger partial charge in [0.2, 0.25) is 5.88 Å². The molecule has 2 aromatic heterocycles. The fourth-order valence-corrected chi connectivity index (χ4v) is 2.81. The van der Waals surface area contributed by atoms with Crippen molar-refractivity contribution in [2.24, 2.45) is 0 Å². The molecule has 0 aliphatic heterocycles. The van der Waals surface area contributed by atoms with Crippen LogP contribution in [0.4, 0.5) is 24.7 Å². The van der Waals surface area contributed by atoms with Gasteiger partial charge in [-0.2, -0.15) is 18.2 Å². The molecule has 27 heavy (non-hydrogen) atoms. The van der Waals surface area contributed by atoms with Crippen molar-refractivity contribution in [1.29, 1.82) is 0 Å². The molecule has 0 atom stereocenters. The first-order valence-electron chi connectivity index (χ1n) is 7.77. The first kappa shape index (κ1) is 19.1. The number of ether oxygens (including phenoxy) is 1. The van der Waals surface area contributed by atoms with E-state index < -0.39 is 23.4 Å². The number of rotatable bonds is 4. The SMILES string of the molecule is COc1nc(-c2cccnc2Br)nc(Nc2ccc(C)cc2)c1C(F)(F)F. The van der Waals surface area contributed by atoms with Crippen LogP contribution in [0.2, 0.25) is 0 Å². The largest absolute Gasteiger partial charge is 0.480 e. The van der Waals surface area contributed by atoms with Gasteiger partial charge in [-0.05, 0) is 47.1 Å². The van der Waals surface area contributed by atoms with Gasteiger partial charge < -0.3 is 10.1 Å². The quantitative estimate of drug-likeness (QED) is 0.554. The average Bonchev–Trinajstić information content (AvgIpc) is 2.62. The lowest BCUT2D eigenvalue weighted by Crippen LogP contribution is -2.14. The van der Waals surface area contributed by atoms with Crippen LogP contribution in [0.1, 0.15) is 11.1 Å². The highest BCUT2D eigenvalue weighted by molar-refractivity contribution is 9.10. The van der Waals surface area contributed by atoms with Crippen LogP contribution in [0, 0.1) is 6.92 Å². The summed E-state index contributed by atoms with van der Waals surface area (Å²) in [6.45, 7) is 1.89. The summed E-state index contributed by atoms with van der Waals surface area (Å²) in [5, 5.41) is 2.72. The summed E-state index contributed by atoms with van der Waals surface area (Å²) in [5.41, 5.74) is 0.811. The molecule has 0 amide bonds. The number of anilines is 2. The van der Waals surface area contributed by atoms with Crippen LogP contribution in [0.15, 0.2) is 47.2 Å². The van der Waals surface area contributed by atoms with Crippen molar-refractivity contribution in [3.8, 4) is 17.3 Å². The van der Waals surface area contributed by atoms with Crippen LogP contribution in [0.5, 0.6) is 5.88 Å². The van der Waals surface area contributed by atoms with Crippen LogP contribution < -0.4 is 10.1 Å². The van der Waals surface area contributed by atoms with Crippen molar-refractivity contribution in [2.45, 2.75) is 13.1 Å². The third-order valence-corrected chi connectivity index (χ3v) is 4.30. The van der Waals surface area contributed by atoms with Crippen molar-refractivity contribution in [1.82, 2.24) is 15.0 Å². The van der Waals surface area contributed by atoms with E-state index in [9.17, 15) is 13.2 Å². The van der Waals surface area contributed by atoms with Crippen molar-refractivity contribution in [3.63, 3.8) is 0 Å². The van der Waals surface area contributed by atoms with Crippen LogP contribution in [-0.2, 0) is 6.18 Å². The van der Waals surface area contributed by atoms with Crippen molar-refractivity contribution in [3.05, 3.63) is 58.3 Å². The second-order valence-electron chi connectivity index (χ2n) is 5.61. The molecule has 0 saturated carbocycles. The number of pyridine rings is 1. The van der Waals surface area contributed by atoms with Gasteiger partial charge >= 0.3 is 6.18 Å². The molecule has 3 rings (SSSR count). The second kappa shape index (κ2) is 7.51. The van der Waals surface area contributed by atoms with E-state index in [4.69, 9.17) is 4.74 Å². The van der Waals surface area contributed by atoms with E-state index in [1.807, 2.05) is 6.92 Å². The van der Waals surface area contributed by atoms with Gasteiger partial charge in [-0.15, -0.1) is 0 Å². The molecule has 2 heterocycles. The number of halogens is 4. The number of benzene rings is 1. The van der Waals surface area contributed by atoms with Gasteiger partial charge in [0.1, 0.15) is 4.60 Å². The normalized spacial score (nSPS) is 11.3. The highest BCUT2D eigenvalue weighted by atomic mass is 79.9. The van der Waals surface area contributed by atoms with E-state index in [-0.39, 0.29) is 5.82 Å². The number of methoxy groups -OCH3 is 1. The Morgan fingerprint density at radius 2 is 1.78 bits per heavy atom. The van der Waals surface area contributed by atoms with E-state index >= 15 is 0 Å². The Labute approximate surface area is 161 Å². The molecule has 1 N–H and O–H groups in total. The van der Waals surface area contributed by atoms with E-state index in [1.165, 1.54) is 0 Å². The number of alkyl halides is 3. The number of hydrogen-bond donors (Lipinski definition) is 1. The summed E-state index contributed by atoms with van der Waals surface area (Å²) in [4.78, 5) is 12.1. The Balaban J connectivity index is 2.19. The second-order valence-corrected chi connectivity index (χ2v) is 6.36. The van der Waals surface area contributed by atoms with Gasteiger partial charge in [0.05, 0.1) is 12.7 Å². The number of nitrogens with zero attached hydrogens (tertiary/aromatic N) is 3. The zero-order chi connectivity index (χ0) is 19.6. The van der Waals surface area contributed by atoms with E-state index in [2.05, 4.69) is 36.2 Å². The predicted octanol–water partition coefficient (Wildman–Crippen LogP) is 5.38. The van der Waals surface area contributed by atoms with Gasteiger partial charge in [0.25, 0.3) is 0 Å². The summed E-state index contributed by atoms with van der Waals surface area (Å²) in [6, 6.07) is 10.2. The van der Waals surface area contributed by atoms with Crippen LogP contribution in [0.25, 0.3) is 11.4 Å². The molecule has 0 aliphatic carbocycles. The van der Waals surface area contributed by atoms with Crippen molar-refractivity contribution < 1.29 is 17.9 Å². The van der Waals surface area contributed by atoms with Gasteiger partial charge in [-0.1, -0.05) is 17.7 Å². The van der Waals surface area contributed by atoms with Gasteiger partial charge in [-0.25, -0.2) is 9.97 Å². The summed E-state index contributed by atoms with van der Waals surface area (Å²) < 4.78 is 46.3. The molecule has 0 spiro atoms. The average molecular weight is 439 g/mol. The fraction of sp³-hybridized carbons (Fsp3) is 0.167. The molecular weight excluding hydrogens is 425 g/mol. The van der Waals surface area contributed by atoms with Crippen LogP contribution >= 0.6 is 15.9 Å². The Morgan fingerprint density at radius 1 is 1.07 bits per heavy atom.